The molecule has 2 heterocycles. The lowest BCUT2D eigenvalue weighted by Gasteiger charge is -2.40. The Kier molecular flexibility index (Phi) is 10.7. The third-order valence-corrected chi connectivity index (χ3v) is 18.8. The summed E-state index contributed by atoms with van der Waals surface area (Å²) in [4.78, 5) is 28.4. The fourth-order valence-corrected chi connectivity index (χ4v) is 7.24. The number of hydrogen-bond donors (Lipinski definition) is 1. The van der Waals surface area contributed by atoms with Crippen molar-refractivity contribution in [1.82, 2.24) is 9.55 Å². The van der Waals surface area contributed by atoms with Crippen LogP contribution in [0.3, 0.4) is 0 Å². The highest BCUT2D eigenvalue weighted by Crippen LogP contribution is 2.42. The Morgan fingerprint density at radius 3 is 2.09 bits per heavy atom. The van der Waals surface area contributed by atoms with Gasteiger partial charge < -0.3 is 18.3 Å². The second kappa shape index (κ2) is 13.6. The summed E-state index contributed by atoms with van der Waals surface area (Å²) in [5.41, 5.74) is 2.58. The van der Waals surface area contributed by atoms with Gasteiger partial charge in [-0.05, 0) is 53.0 Å². The van der Waals surface area contributed by atoms with Crippen LogP contribution in [0.25, 0.3) is 11.1 Å². The van der Waals surface area contributed by atoms with Crippen LogP contribution in [-0.2, 0) is 31.5 Å². The van der Waals surface area contributed by atoms with Gasteiger partial charge in [-0.25, -0.2) is 4.79 Å². The lowest BCUT2D eigenvalue weighted by atomic mass is 10.0. The second-order valence-corrected chi connectivity index (χ2v) is 24.8. The Morgan fingerprint density at radius 2 is 1.44 bits per heavy atom. The van der Waals surface area contributed by atoms with Crippen LogP contribution in [-0.4, -0.2) is 45.0 Å². The lowest BCUT2D eigenvalue weighted by Crippen LogP contribution is -2.48. The maximum atomic E-state index is 13.1. The first kappa shape index (κ1) is 35.3. The van der Waals surface area contributed by atoms with Gasteiger partial charge in [0.15, 0.2) is 16.6 Å². The molecule has 8 nitrogen and oxygen atoms in total. The predicted molar refractivity (Wildman–Crippen MR) is 185 cm³/mol. The van der Waals surface area contributed by atoms with Gasteiger partial charge in [0, 0.05) is 12.6 Å². The van der Waals surface area contributed by atoms with Gasteiger partial charge in [0.25, 0.3) is 5.56 Å². The van der Waals surface area contributed by atoms with Crippen molar-refractivity contribution in [2.24, 2.45) is 0 Å². The molecule has 1 saturated heterocycles. The number of hydrogen-bond acceptors (Lipinski definition) is 6. The highest BCUT2D eigenvalue weighted by molar-refractivity contribution is 6.74. The number of nitrogens with zero attached hydrogens (tertiary/aromatic N) is 1. The predicted octanol–water partition coefficient (Wildman–Crippen LogP) is 7.62. The molecule has 45 heavy (non-hydrogen) atoms. The molecule has 3 aromatic rings. The minimum atomic E-state index is -2.16. The maximum Gasteiger partial charge on any atom is 0.330 e. The van der Waals surface area contributed by atoms with Crippen LogP contribution in [0.15, 0.2) is 70.4 Å². The van der Waals surface area contributed by atoms with Crippen molar-refractivity contribution >= 4 is 16.6 Å². The molecule has 0 spiro atoms. The zero-order chi connectivity index (χ0) is 33.2. The van der Waals surface area contributed by atoms with Crippen LogP contribution in [0.1, 0.15) is 65.3 Å². The topological polar surface area (TPSA) is 91.8 Å². The largest absolute Gasteiger partial charge is 0.414 e. The molecule has 0 saturated carbocycles. The first-order valence-corrected chi connectivity index (χ1v) is 21.7. The molecule has 0 radical (unpaired) electrons. The van der Waals surface area contributed by atoms with Crippen molar-refractivity contribution in [1.29, 1.82) is 0 Å². The van der Waals surface area contributed by atoms with Crippen LogP contribution < -0.4 is 11.2 Å². The van der Waals surface area contributed by atoms with Crippen LogP contribution in [0.5, 0.6) is 0 Å². The third-order valence-electron chi connectivity index (χ3n) is 9.82. The molecule has 246 valence electrons. The van der Waals surface area contributed by atoms with E-state index in [1.165, 1.54) is 4.57 Å². The van der Waals surface area contributed by atoms with Crippen molar-refractivity contribution in [3.63, 3.8) is 0 Å². The van der Waals surface area contributed by atoms with E-state index in [1.54, 1.807) is 6.20 Å². The average Bonchev–Trinajstić information content (AvgIpc) is 3.34. The SMILES string of the molecule is CC(C)(C)[Si](C)(C)OC[C@H]1O[C@@H](n2cc(COCc3ccccc3-c3ccccc3)c(=O)[nH]c2=O)C[C@@H]1O[Si](C)(C)C(C)(C)C. The number of H-pyrrole nitrogens is 1. The smallest absolute Gasteiger partial charge is 0.330 e. The Hall–Kier alpha value is -2.61. The third kappa shape index (κ3) is 8.41. The number of benzene rings is 2. The van der Waals surface area contributed by atoms with E-state index in [2.05, 4.69) is 90.9 Å². The van der Waals surface area contributed by atoms with E-state index in [-0.39, 0.29) is 28.9 Å². The van der Waals surface area contributed by atoms with Crippen LogP contribution in [0.2, 0.25) is 36.3 Å². The van der Waals surface area contributed by atoms with Gasteiger partial charge in [0.05, 0.1) is 31.5 Å². The summed E-state index contributed by atoms with van der Waals surface area (Å²) < 4.78 is 27.5. The van der Waals surface area contributed by atoms with Crippen LogP contribution in [0, 0.1) is 0 Å². The zero-order valence-corrected chi connectivity index (χ0v) is 30.7. The van der Waals surface area contributed by atoms with Crippen LogP contribution >= 0.6 is 0 Å². The van der Waals surface area contributed by atoms with E-state index in [0.29, 0.717) is 25.2 Å². The van der Waals surface area contributed by atoms with E-state index in [1.807, 2.05) is 36.4 Å². The molecule has 1 aliphatic rings. The van der Waals surface area contributed by atoms with E-state index < -0.39 is 34.1 Å². The lowest BCUT2D eigenvalue weighted by molar-refractivity contribution is -0.0414. The Bertz CT molecular complexity index is 1550. The molecular formula is C35H52N2O6Si2. The molecular weight excluding hydrogens is 601 g/mol. The quantitative estimate of drug-likeness (QED) is 0.214. The summed E-state index contributed by atoms with van der Waals surface area (Å²) in [6.45, 7) is 22.9. The summed E-state index contributed by atoms with van der Waals surface area (Å²) in [5.74, 6) is 0. The molecule has 0 aliphatic carbocycles. The normalized spacial score (nSPS) is 19.6. The first-order valence-electron chi connectivity index (χ1n) is 15.9. The second-order valence-electron chi connectivity index (χ2n) is 15.2. The van der Waals surface area contributed by atoms with Crippen LogP contribution in [0.4, 0.5) is 0 Å². The van der Waals surface area contributed by atoms with Crippen molar-refractivity contribution in [2.75, 3.05) is 6.61 Å². The Morgan fingerprint density at radius 1 is 0.844 bits per heavy atom. The summed E-state index contributed by atoms with van der Waals surface area (Å²) in [5, 5.41) is 0.0571. The molecule has 1 aliphatic heterocycles. The number of aromatic amines is 1. The van der Waals surface area contributed by atoms with Gasteiger partial charge in [-0.1, -0.05) is 96.1 Å². The Balaban J connectivity index is 1.54. The van der Waals surface area contributed by atoms with Gasteiger partial charge >= 0.3 is 5.69 Å². The molecule has 0 unspecified atom stereocenters. The fraction of sp³-hybridized carbons (Fsp3) is 0.543. The summed E-state index contributed by atoms with van der Waals surface area (Å²) in [6.07, 6.45) is 0.874. The van der Waals surface area contributed by atoms with Crippen molar-refractivity contribution in [3.8, 4) is 11.1 Å². The molecule has 1 aromatic heterocycles. The number of ether oxygens (including phenoxy) is 2. The summed E-state index contributed by atoms with van der Waals surface area (Å²) in [7, 11) is -4.21. The number of nitrogens with one attached hydrogen (secondary N) is 1. The molecule has 1 fully saturated rings. The molecule has 2 aromatic carbocycles. The minimum Gasteiger partial charge on any atom is -0.414 e. The molecule has 10 heteroatoms. The molecule has 3 atom stereocenters. The number of rotatable bonds is 11. The van der Waals surface area contributed by atoms with E-state index >= 15 is 0 Å². The maximum absolute atomic E-state index is 13.1. The van der Waals surface area contributed by atoms with Crippen molar-refractivity contribution in [3.05, 3.63) is 92.8 Å². The average molecular weight is 653 g/mol. The molecule has 1 N–H and O–H groups in total. The first-order chi connectivity index (χ1) is 20.9. The van der Waals surface area contributed by atoms with E-state index in [4.69, 9.17) is 18.3 Å². The van der Waals surface area contributed by atoms with Crippen molar-refractivity contribution < 1.29 is 18.3 Å². The van der Waals surface area contributed by atoms with E-state index in [0.717, 1.165) is 16.7 Å². The monoisotopic (exact) mass is 652 g/mol. The Labute approximate surface area is 270 Å². The van der Waals surface area contributed by atoms with Gasteiger partial charge in [-0.3, -0.25) is 14.3 Å². The standard InChI is InChI=1S/C35H52N2O6Si2/c1-34(2,3)44(7,8)41-24-30-29(43-45(9,10)35(4,5)6)20-31(42-30)37-21-27(32(38)36-33(37)39)23-40-22-26-18-14-15-19-28(26)25-16-12-11-13-17-25/h11-19,21,29-31H,20,22-24H2,1-10H3,(H,36,38,39)/t29-,30+,31+/m0/s1. The van der Waals surface area contributed by atoms with Crippen molar-refractivity contribution in [2.45, 2.75) is 116 Å². The zero-order valence-electron chi connectivity index (χ0n) is 28.7. The van der Waals surface area contributed by atoms with Gasteiger partial charge in [-0.15, -0.1) is 0 Å². The van der Waals surface area contributed by atoms with Gasteiger partial charge in [0.1, 0.15) is 12.3 Å². The van der Waals surface area contributed by atoms with Gasteiger partial charge in [0.2, 0.25) is 0 Å². The molecule has 0 amide bonds. The highest BCUT2D eigenvalue weighted by atomic mass is 28.4. The fourth-order valence-electron chi connectivity index (χ4n) is 4.87. The minimum absolute atomic E-state index is 0.00832. The van der Waals surface area contributed by atoms with Gasteiger partial charge in [-0.2, -0.15) is 0 Å². The molecule has 0 bridgehead atoms. The molecule has 4 rings (SSSR count). The number of aromatic nitrogens is 2. The summed E-state index contributed by atoms with van der Waals surface area (Å²) in [6, 6.07) is 18.2. The summed E-state index contributed by atoms with van der Waals surface area (Å²) >= 11 is 0. The highest BCUT2D eigenvalue weighted by Gasteiger charge is 2.46. The van der Waals surface area contributed by atoms with E-state index in [9.17, 15) is 9.59 Å².